The highest BCUT2D eigenvalue weighted by Crippen LogP contribution is 2.24. The monoisotopic (exact) mass is 441 g/mol. The molecule has 7 nitrogen and oxygen atoms in total. The first-order valence-corrected chi connectivity index (χ1v) is 11.3. The molecule has 0 saturated heterocycles. The van der Waals surface area contributed by atoms with E-state index in [1.807, 2.05) is 19.1 Å². The highest BCUT2D eigenvalue weighted by atomic mass is 35.5. The van der Waals surface area contributed by atoms with Gasteiger partial charge in [0.25, 0.3) is 5.91 Å². The van der Waals surface area contributed by atoms with Crippen molar-refractivity contribution in [3.05, 3.63) is 47.0 Å². The maximum Gasteiger partial charge on any atom is 0.256 e. The Labute approximate surface area is 187 Å². The molecule has 1 amide bonds. The van der Waals surface area contributed by atoms with E-state index in [0.717, 1.165) is 56.4 Å². The number of nitrogens with one attached hydrogen (secondary N) is 1. The van der Waals surface area contributed by atoms with Gasteiger partial charge in [-0.25, -0.2) is 9.50 Å². The number of carbonyl (C=O) groups excluding carboxylic acids is 1. The second-order valence-electron chi connectivity index (χ2n) is 8.14. The average Bonchev–Trinajstić information content (AvgIpc) is 3.20. The first-order chi connectivity index (χ1) is 15.0. The zero-order valence-electron chi connectivity index (χ0n) is 18.0. The number of aromatic nitrogens is 4. The smallest absolute Gasteiger partial charge is 0.256 e. The zero-order chi connectivity index (χ0) is 21.8. The summed E-state index contributed by atoms with van der Waals surface area (Å²) in [6, 6.07) is 3.87. The molecule has 0 aliphatic heterocycles. The predicted octanol–water partition coefficient (Wildman–Crippen LogP) is 4.61. The van der Waals surface area contributed by atoms with Crippen molar-refractivity contribution in [3.8, 4) is 11.3 Å². The van der Waals surface area contributed by atoms with E-state index in [2.05, 4.69) is 22.3 Å². The van der Waals surface area contributed by atoms with E-state index >= 15 is 0 Å². The molecule has 1 saturated carbocycles. The van der Waals surface area contributed by atoms with Crippen LogP contribution in [0.2, 0.25) is 5.02 Å². The molecule has 0 aromatic carbocycles. The van der Waals surface area contributed by atoms with E-state index < -0.39 is 0 Å². The first kappa shape index (κ1) is 21.7. The van der Waals surface area contributed by atoms with E-state index in [0.29, 0.717) is 28.0 Å². The van der Waals surface area contributed by atoms with E-state index in [9.17, 15) is 4.79 Å². The number of hydrogen-bond acceptors (Lipinski definition) is 5. The van der Waals surface area contributed by atoms with Crippen molar-refractivity contribution in [2.45, 2.75) is 64.5 Å². The summed E-state index contributed by atoms with van der Waals surface area (Å²) in [7, 11) is 0. The maximum atomic E-state index is 13.0. The Morgan fingerprint density at radius 3 is 2.77 bits per heavy atom. The number of hydrogen-bond donors (Lipinski definition) is 1. The number of carbonyl (C=O) groups is 1. The molecule has 0 unspecified atom stereocenters. The first-order valence-electron chi connectivity index (χ1n) is 10.9. The topological polar surface area (TPSA) is 81.4 Å². The van der Waals surface area contributed by atoms with Crippen molar-refractivity contribution >= 4 is 23.2 Å². The highest BCUT2D eigenvalue weighted by Gasteiger charge is 2.25. The van der Waals surface area contributed by atoms with Crippen molar-refractivity contribution in [1.29, 1.82) is 0 Å². The van der Waals surface area contributed by atoms with Gasteiger partial charge in [0.05, 0.1) is 23.0 Å². The standard InChI is InChI=1S/C23H28ClN5O2/c1-3-4-9-31-19-7-5-18(6-8-19)27-23(30)20-14-26-29-15(2)10-21(28-22(20)29)16-11-17(24)13-25-12-16/h10-14,18-19H,3-9H2,1-2H3,(H,27,30). The van der Waals surface area contributed by atoms with Gasteiger partial charge in [-0.15, -0.1) is 0 Å². The van der Waals surface area contributed by atoms with E-state index in [1.165, 1.54) is 0 Å². The molecule has 3 aromatic rings. The molecule has 1 fully saturated rings. The second kappa shape index (κ2) is 9.75. The number of fused-ring (bicyclic) bond motifs is 1. The normalized spacial score (nSPS) is 18.9. The van der Waals surface area contributed by atoms with Crippen molar-refractivity contribution in [2.24, 2.45) is 0 Å². The molecule has 1 aliphatic rings. The maximum absolute atomic E-state index is 13.0. The molecule has 3 aromatic heterocycles. The fourth-order valence-corrected chi connectivity index (χ4v) is 4.18. The number of ether oxygens (including phenoxy) is 1. The van der Waals surface area contributed by atoms with Crippen molar-refractivity contribution in [3.63, 3.8) is 0 Å². The van der Waals surface area contributed by atoms with Crippen LogP contribution < -0.4 is 5.32 Å². The van der Waals surface area contributed by atoms with E-state index in [4.69, 9.17) is 21.3 Å². The van der Waals surface area contributed by atoms with Gasteiger partial charge in [-0.05, 0) is 51.2 Å². The van der Waals surface area contributed by atoms with Gasteiger partial charge < -0.3 is 10.1 Å². The Hall–Kier alpha value is -2.51. The summed E-state index contributed by atoms with van der Waals surface area (Å²) >= 11 is 6.09. The summed E-state index contributed by atoms with van der Waals surface area (Å²) in [5.74, 6) is -0.140. The Balaban J connectivity index is 1.47. The van der Waals surface area contributed by atoms with Crippen LogP contribution >= 0.6 is 11.6 Å². The SMILES string of the molecule is CCCCOC1CCC(NC(=O)c2cnn3c(C)cc(-c4cncc(Cl)c4)nc23)CC1. The van der Waals surface area contributed by atoms with Gasteiger partial charge in [0.1, 0.15) is 5.56 Å². The third-order valence-corrected chi connectivity index (χ3v) is 5.96. The van der Waals surface area contributed by atoms with Gasteiger partial charge in [-0.2, -0.15) is 5.10 Å². The van der Waals surface area contributed by atoms with Crippen LogP contribution in [0, 0.1) is 6.92 Å². The van der Waals surface area contributed by atoms with E-state index in [1.54, 1.807) is 23.1 Å². The van der Waals surface area contributed by atoms with Crippen molar-refractivity contribution < 1.29 is 9.53 Å². The van der Waals surface area contributed by atoms with Crippen LogP contribution in [0.25, 0.3) is 16.9 Å². The minimum absolute atomic E-state index is 0.140. The lowest BCUT2D eigenvalue weighted by Crippen LogP contribution is -2.39. The third-order valence-electron chi connectivity index (χ3n) is 5.76. The molecule has 164 valence electrons. The molecule has 8 heteroatoms. The zero-order valence-corrected chi connectivity index (χ0v) is 18.7. The number of halogens is 1. The van der Waals surface area contributed by atoms with Gasteiger partial charge in [-0.1, -0.05) is 24.9 Å². The third kappa shape index (κ3) is 5.05. The quantitative estimate of drug-likeness (QED) is 0.541. The lowest BCUT2D eigenvalue weighted by molar-refractivity contribution is 0.0209. The van der Waals surface area contributed by atoms with Gasteiger partial charge in [0, 0.05) is 36.3 Å². The molecule has 0 radical (unpaired) electrons. The summed E-state index contributed by atoms with van der Waals surface area (Å²) in [6.45, 7) is 4.93. The molecule has 4 rings (SSSR count). The Kier molecular flexibility index (Phi) is 6.83. The Morgan fingerprint density at radius 1 is 1.23 bits per heavy atom. The molecule has 0 atom stereocenters. The second-order valence-corrected chi connectivity index (χ2v) is 8.58. The summed E-state index contributed by atoms with van der Waals surface area (Å²) < 4.78 is 7.62. The lowest BCUT2D eigenvalue weighted by Gasteiger charge is -2.29. The fourth-order valence-electron chi connectivity index (χ4n) is 4.00. The van der Waals surface area contributed by atoms with Gasteiger partial charge >= 0.3 is 0 Å². The van der Waals surface area contributed by atoms with E-state index in [-0.39, 0.29) is 11.9 Å². The van der Waals surface area contributed by atoms with Crippen LogP contribution in [0.3, 0.4) is 0 Å². The number of unbranched alkanes of at least 4 members (excludes halogenated alkanes) is 1. The number of aryl methyl sites for hydroxylation is 1. The molecule has 0 bridgehead atoms. The minimum atomic E-state index is -0.140. The number of rotatable bonds is 7. The minimum Gasteiger partial charge on any atom is -0.378 e. The van der Waals surface area contributed by atoms with Crippen LogP contribution in [0.5, 0.6) is 0 Å². The highest BCUT2D eigenvalue weighted by molar-refractivity contribution is 6.30. The van der Waals surface area contributed by atoms with Crippen LogP contribution in [0.1, 0.15) is 61.5 Å². The van der Waals surface area contributed by atoms with Gasteiger partial charge in [0.2, 0.25) is 0 Å². The predicted molar refractivity (Wildman–Crippen MR) is 120 cm³/mol. The Morgan fingerprint density at radius 2 is 2.03 bits per heavy atom. The van der Waals surface area contributed by atoms with Crippen LogP contribution in [0.4, 0.5) is 0 Å². The van der Waals surface area contributed by atoms with Crippen LogP contribution in [0.15, 0.2) is 30.7 Å². The molecular formula is C23H28ClN5O2. The van der Waals surface area contributed by atoms with Gasteiger partial charge in [0.15, 0.2) is 5.65 Å². The summed E-state index contributed by atoms with van der Waals surface area (Å²) in [4.78, 5) is 21.9. The van der Waals surface area contributed by atoms with Crippen LogP contribution in [-0.4, -0.2) is 44.2 Å². The van der Waals surface area contributed by atoms with Gasteiger partial charge in [-0.3, -0.25) is 9.78 Å². The van der Waals surface area contributed by atoms with Crippen LogP contribution in [-0.2, 0) is 4.74 Å². The molecule has 1 N–H and O–H groups in total. The number of pyridine rings is 1. The molecular weight excluding hydrogens is 414 g/mol. The summed E-state index contributed by atoms with van der Waals surface area (Å²) in [5, 5.41) is 8.08. The molecule has 0 spiro atoms. The molecule has 31 heavy (non-hydrogen) atoms. The van der Waals surface area contributed by atoms with Crippen molar-refractivity contribution in [2.75, 3.05) is 6.61 Å². The molecule has 1 aliphatic carbocycles. The largest absolute Gasteiger partial charge is 0.378 e. The summed E-state index contributed by atoms with van der Waals surface area (Å²) in [5.41, 5.74) is 3.39. The fraction of sp³-hybridized carbons (Fsp3) is 0.478. The lowest BCUT2D eigenvalue weighted by atomic mass is 9.92. The average molecular weight is 442 g/mol. The molecule has 3 heterocycles. The summed E-state index contributed by atoms with van der Waals surface area (Å²) in [6.07, 6.45) is 11.2. The Bertz CT molecular complexity index is 1060. The van der Waals surface area contributed by atoms with Crippen molar-refractivity contribution in [1.82, 2.24) is 24.9 Å². The number of amides is 1. The number of nitrogens with zero attached hydrogens (tertiary/aromatic N) is 4.